The molecule has 1 fully saturated rings. The predicted molar refractivity (Wildman–Crippen MR) is 86.1 cm³/mol. The van der Waals surface area contributed by atoms with Gasteiger partial charge in [0.2, 0.25) is 5.91 Å². The molecular weight excluding hydrogens is 266 g/mol. The number of carbonyl (C=O) groups is 1. The highest BCUT2D eigenvalue weighted by Gasteiger charge is 2.46. The Morgan fingerprint density at radius 3 is 2.71 bits per heavy atom. The number of amides is 1. The Hall–Kier alpha value is -0.650. The number of nitrogens with one attached hydrogen (secondary N) is 1. The molecule has 0 bridgehead atoms. The molecule has 5 heteroatoms. The second-order valence-corrected chi connectivity index (χ2v) is 6.37. The van der Waals surface area contributed by atoms with E-state index in [9.17, 15) is 4.79 Å². The Balaban J connectivity index is 2.64. The lowest BCUT2D eigenvalue weighted by Gasteiger charge is -2.35. The molecular formula is C16H33N3O2. The largest absolute Gasteiger partial charge is 0.383 e. The molecule has 3 N–H and O–H groups in total. The number of hydrogen-bond acceptors (Lipinski definition) is 4. The number of methoxy groups -OCH3 is 1. The molecule has 0 aromatic heterocycles. The van der Waals surface area contributed by atoms with Crippen molar-refractivity contribution in [2.75, 3.05) is 33.4 Å². The van der Waals surface area contributed by atoms with Crippen molar-refractivity contribution in [2.45, 2.75) is 58.0 Å². The van der Waals surface area contributed by atoms with E-state index in [1.807, 2.05) is 6.92 Å². The van der Waals surface area contributed by atoms with Crippen LogP contribution < -0.4 is 11.1 Å². The van der Waals surface area contributed by atoms with Crippen LogP contribution in [0.3, 0.4) is 0 Å². The van der Waals surface area contributed by atoms with Gasteiger partial charge in [0.15, 0.2) is 0 Å². The zero-order valence-electron chi connectivity index (χ0n) is 14.2. The fourth-order valence-corrected chi connectivity index (χ4v) is 3.59. The van der Waals surface area contributed by atoms with Gasteiger partial charge in [-0.25, -0.2) is 0 Å². The highest BCUT2D eigenvalue weighted by Crippen LogP contribution is 2.38. The number of hydrogen-bond donors (Lipinski definition) is 2. The van der Waals surface area contributed by atoms with Crippen molar-refractivity contribution in [3.8, 4) is 0 Å². The molecule has 1 amide bonds. The quantitative estimate of drug-likeness (QED) is 0.639. The molecule has 1 saturated carbocycles. The van der Waals surface area contributed by atoms with Crippen LogP contribution in [0.2, 0.25) is 0 Å². The third-order valence-electron chi connectivity index (χ3n) is 4.83. The van der Waals surface area contributed by atoms with Gasteiger partial charge >= 0.3 is 0 Å². The van der Waals surface area contributed by atoms with Crippen molar-refractivity contribution in [2.24, 2.45) is 11.7 Å². The van der Waals surface area contributed by atoms with Crippen molar-refractivity contribution < 1.29 is 9.53 Å². The maximum Gasteiger partial charge on any atom is 0.238 e. The van der Waals surface area contributed by atoms with Crippen LogP contribution in [0, 0.1) is 5.92 Å². The molecule has 1 aliphatic carbocycles. The normalized spacial score (nSPS) is 25.9. The summed E-state index contributed by atoms with van der Waals surface area (Å²) in [7, 11) is 1.73. The lowest BCUT2D eigenvalue weighted by molar-refractivity contribution is -0.126. The van der Waals surface area contributed by atoms with Gasteiger partial charge in [-0.2, -0.15) is 0 Å². The molecule has 124 valence electrons. The van der Waals surface area contributed by atoms with Crippen LogP contribution >= 0.6 is 0 Å². The van der Waals surface area contributed by atoms with Crippen LogP contribution in [0.25, 0.3) is 0 Å². The van der Waals surface area contributed by atoms with Gasteiger partial charge in [-0.3, -0.25) is 9.69 Å². The first-order valence-electron chi connectivity index (χ1n) is 8.25. The van der Waals surface area contributed by atoms with E-state index >= 15 is 0 Å². The standard InChI is InChI=1S/C16H33N3O2/c1-5-18-16(15(17)20)9-6-7-14(16)8-10-19(13(2)3)11-12-21-4/h13-14,18H,5-12H2,1-4H3,(H2,17,20). The van der Waals surface area contributed by atoms with Crippen LogP contribution in [0.5, 0.6) is 0 Å². The number of primary amides is 1. The lowest BCUT2D eigenvalue weighted by atomic mass is 9.83. The van der Waals surface area contributed by atoms with E-state index < -0.39 is 5.54 Å². The smallest absolute Gasteiger partial charge is 0.238 e. The third-order valence-corrected chi connectivity index (χ3v) is 4.83. The van der Waals surface area contributed by atoms with Crippen molar-refractivity contribution in [1.29, 1.82) is 0 Å². The summed E-state index contributed by atoms with van der Waals surface area (Å²) in [6.45, 7) is 9.91. The Labute approximate surface area is 129 Å². The van der Waals surface area contributed by atoms with E-state index in [1.165, 1.54) is 0 Å². The average molecular weight is 299 g/mol. The SMILES string of the molecule is CCNC1(C(N)=O)CCCC1CCN(CCOC)C(C)C. The lowest BCUT2D eigenvalue weighted by Crippen LogP contribution is -2.58. The van der Waals surface area contributed by atoms with Gasteiger partial charge in [-0.1, -0.05) is 13.3 Å². The molecule has 0 spiro atoms. The van der Waals surface area contributed by atoms with E-state index in [2.05, 4.69) is 24.1 Å². The van der Waals surface area contributed by atoms with Crippen molar-refractivity contribution >= 4 is 5.91 Å². The summed E-state index contributed by atoms with van der Waals surface area (Å²) in [4.78, 5) is 14.4. The molecule has 0 aliphatic heterocycles. The molecule has 2 unspecified atom stereocenters. The van der Waals surface area contributed by atoms with Crippen LogP contribution in [0.1, 0.15) is 46.5 Å². The minimum absolute atomic E-state index is 0.181. The zero-order valence-corrected chi connectivity index (χ0v) is 14.2. The number of nitrogens with two attached hydrogens (primary N) is 1. The van der Waals surface area contributed by atoms with Gasteiger partial charge in [-0.05, 0) is 52.1 Å². The van der Waals surface area contributed by atoms with E-state index in [1.54, 1.807) is 7.11 Å². The Morgan fingerprint density at radius 1 is 1.48 bits per heavy atom. The van der Waals surface area contributed by atoms with Gasteiger partial charge < -0.3 is 15.8 Å². The molecule has 2 atom stereocenters. The number of rotatable bonds is 10. The molecule has 0 aromatic carbocycles. The minimum Gasteiger partial charge on any atom is -0.383 e. The first-order chi connectivity index (χ1) is 9.97. The summed E-state index contributed by atoms with van der Waals surface area (Å²) in [6.07, 6.45) is 4.06. The second kappa shape index (κ2) is 8.71. The number of ether oxygens (including phenoxy) is 1. The molecule has 0 radical (unpaired) electrons. The maximum atomic E-state index is 12.0. The maximum absolute atomic E-state index is 12.0. The van der Waals surface area contributed by atoms with Gasteiger partial charge in [0.1, 0.15) is 5.54 Å². The summed E-state index contributed by atoms with van der Waals surface area (Å²) < 4.78 is 5.18. The van der Waals surface area contributed by atoms with Gasteiger partial charge in [0, 0.05) is 19.7 Å². The van der Waals surface area contributed by atoms with Crippen LogP contribution in [-0.4, -0.2) is 55.7 Å². The molecule has 1 rings (SSSR count). The van der Waals surface area contributed by atoms with Crippen LogP contribution in [0.15, 0.2) is 0 Å². The average Bonchev–Trinajstić information content (AvgIpc) is 2.83. The Kier molecular flexibility index (Phi) is 7.63. The number of carbonyl (C=O) groups excluding carboxylic acids is 1. The molecule has 0 aromatic rings. The summed E-state index contributed by atoms with van der Waals surface area (Å²) >= 11 is 0. The highest BCUT2D eigenvalue weighted by molar-refractivity contribution is 5.85. The van der Waals surface area contributed by atoms with Gasteiger partial charge in [0.05, 0.1) is 6.61 Å². The van der Waals surface area contributed by atoms with Crippen LogP contribution in [0.4, 0.5) is 0 Å². The van der Waals surface area contributed by atoms with E-state index in [0.29, 0.717) is 12.0 Å². The topological polar surface area (TPSA) is 67.6 Å². The molecule has 0 heterocycles. The molecule has 21 heavy (non-hydrogen) atoms. The number of nitrogens with zero attached hydrogens (tertiary/aromatic N) is 1. The summed E-state index contributed by atoms with van der Waals surface area (Å²) in [5.41, 5.74) is 5.23. The van der Waals surface area contributed by atoms with E-state index in [-0.39, 0.29) is 5.91 Å². The summed E-state index contributed by atoms with van der Waals surface area (Å²) in [5.74, 6) is 0.165. The summed E-state index contributed by atoms with van der Waals surface area (Å²) in [5, 5.41) is 3.39. The Morgan fingerprint density at radius 2 is 2.19 bits per heavy atom. The fourth-order valence-electron chi connectivity index (χ4n) is 3.59. The third kappa shape index (κ3) is 4.66. The zero-order chi connectivity index (χ0) is 15.9. The molecule has 1 aliphatic rings. The second-order valence-electron chi connectivity index (χ2n) is 6.37. The first-order valence-corrected chi connectivity index (χ1v) is 8.25. The van der Waals surface area contributed by atoms with Crippen LogP contribution in [-0.2, 0) is 9.53 Å². The van der Waals surface area contributed by atoms with Crippen molar-refractivity contribution in [3.63, 3.8) is 0 Å². The first kappa shape index (κ1) is 18.4. The predicted octanol–water partition coefficient (Wildman–Crippen LogP) is 1.37. The number of likely N-dealkylation sites (N-methyl/N-ethyl adjacent to an activating group) is 1. The van der Waals surface area contributed by atoms with E-state index in [0.717, 1.165) is 51.9 Å². The van der Waals surface area contributed by atoms with Crippen molar-refractivity contribution in [1.82, 2.24) is 10.2 Å². The highest BCUT2D eigenvalue weighted by atomic mass is 16.5. The Bertz CT molecular complexity index is 323. The van der Waals surface area contributed by atoms with E-state index in [4.69, 9.17) is 10.5 Å². The van der Waals surface area contributed by atoms with Gasteiger partial charge in [-0.15, -0.1) is 0 Å². The molecule has 5 nitrogen and oxygen atoms in total. The summed E-state index contributed by atoms with van der Waals surface area (Å²) in [6, 6.07) is 0.490. The molecule has 0 saturated heterocycles. The minimum atomic E-state index is -0.487. The fraction of sp³-hybridized carbons (Fsp3) is 0.938. The van der Waals surface area contributed by atoms with Gasteiger partial charge in [0.25, 0.3) is 0 Å². The monoisotopic (exact) mass is 299 g/mol. The van der Waals surface area contributed by atoms with Crippen molar-refractivity contribution in [3.05, 3.63) is 0 Å².